The fraction of sp³-hybridized carbons (Fsp3) is 0.250. The topological polar surface area (TPSA) is 55.3 Å². The Morgan fingerprint density at radius 3 is 2.00 bits per heavy atom. The lowest BCUT2D eigenvalue weighted by Gasteiger charge is -2.19. The van der Waals surface area contributed by atoms with Crippen molar-refractivity contribution in [3.05, 3.63) is 30.3 Å². The van der Waals surface area contributed by atoms with Crippen LogP contribution in [0.5, 0.6) is 0 Å². The molecule has 0 saturated heterocycles. The second-order valence-electron chi connectivity index (χ2n) is 2.24. The average Bonchev–Trinajstić information content (AvgIpc) is 2.09. The maximum atomic E-state index is 5.46. The van der Waals surface area contributed by atoms with Crippen molar-refractivity contribution in [3.63, 3.8) is 0 Å². The van der Waals surface area contributed by atoms with Crippen molar-refractivity contribution in [2.24, 2.45) is 11.5 Å². The Balaban J connectivity index is 2.74. The summed E-state index contributed by atoms with van der Waals surface area (Å²) in [5.41, 5.74) is 12.0. The van der Waals surface area contributed by atoms with Crippen molar-refractivity contribution >= 4 is 5.69 Å². The van der Waals surface area contributed by atoms with Crippen LogP contribution in [0.15, 0.2) is 30.3 Å². The molecule has 1 rings (SSSR count). The summed E-state index contributed by atoms with van der Waals surface area (Å²) in [6.45, 7) is 0.918. The Morgan fingerprint density at radius 1 is 1.00 bits per heavy atom. The molecule has 4 N–H and O–H groups in total. The van der Waals surface area contributed by atoms with Crippen LogP contribution in [0.1, 0.15) is 0 Å². The normalized spacial score (nSPS) is 9.64. The van der Waals surface area contributed by atoms with Crippen LogP contribution in [-0.2, 0) is 0 Å². The van der Waals surface area contributed by atoms with Crippen molar-refractivity contribution in [3.8, 4) is 0 Å². The fourth-order valence-corrected chi connectivity index (χ4v) is 0.924. The lowest BCUT2D eigenvalue weighted by Crippen LogP contribution is -2.34. The minimum Gasteiger partial charge on any atom is -0.346 e. The van der Waals surface area contributed by atoms with Crippen LogP contribution in [0.2, 0.25) is 0 Å². The van der Waals surface area contributed by atoms with Gasteiger partial charge in [0, 0.05) is 5.69 Å². The number of nitrogens with two attached hydrogens (primary N) is 2. The van der Waals surface area contributed by atoms with E-state index in [1.165, 1.54) is 0 Å². The van der Waals surface area contributed by atoms with Crippen LogP contribution in [0.4, 0.5) is 5.69 Å². The first-order valence-electron chi connectivity index (χ1n) is 3.58. The molecular formula is C8H13N3. The van der Waals surface area contributed by atoms with E-state index in [4.69, 9.17) is 11.5 Å². The molecule has 3 nitrogen and oxygen atoms in total. The summed E-state index contributed by atoms with van der Waals surface area (Å²) in [5, 5.41) is 0. The van der Waals surface area contributed by atoms with E-state index in [2.05, 4.69) is 0 Å². The number of anilines is 1. The molecule has 11 heavy (non-hydrogen) atoms. The predicted octanol–water partition coefficient (Wildman–Crippen LogP) is 0.325. The van der Waals surface area contributed by atoms with E-state index < -0.39 is 0 Å². The van der Waals surface area contributed by atoms with Gasteiger partial charge in [-0.25, -0.2) is 0 Å². The number of rotatable bonds is 3. The van der Waals surface area contributed by atoms with Gasteiger partial charge in [0.25, 0.3) is 0 Å². The summed E-state index contributed by atoms with van der Waals surface area (Å²) in [4.78, 5) is 1.89. The molecule has 0 saturated carbocycles. The Bertz CT molecular complexity index is 194. The van der Waals surface area contributed by atoms with Crippen molar-refractivity contribution in [2.45, 2.75) is 0 Å². The molecule has 0 heterocycles. The van der Waals surface area contributed by atoms with Crippen LogP contribution in [0.25, 0.3) is 0 Å². The van der Waals surface area contributed by atoms with Crippen LogP contribution in [0.3, 0.4) is 0 Å². The van der Waals surface area contributed by atoms with E-state index in [0.29, 0.717) is 13.3 Å². The van der Waals surface area contributed by atoms with Gasteiger partial charge in [0.2, 0.25) is 0 Å². The summed E-state index contributed by atoms with van der Waals surface area (Å²) < 4.78 is 0. The van der Waals surface area contributed by atoms with Gasteiger partial charge in [-0.1, -0.05) is 18.2 Å². The molecule has 0 fully saturated rings. The zero-order chi connectivity index (χ0) is 8.10. The molecule has 0 aromatic heterocycles. The largest absolute Gasteiger partial charge is 0.346 e. The first-order valence-corrected chi connectivity index (χ1v) is 3.58. The van der Waals surface area contributed by atoms with E-state index in [1.807, 2.05) is 35.2 Å². The minimum atomic E-state index is 0.459. The SMILES string of the molecule is NCN(CN)c1ccccc1. The standard InChI is InChI=1S/C8H13N3/c9-6-11(7-10)8-4-2-1-3-5-8/h1-5H,6-7,9-10H2. The van der Waals surface area contributed by atoms with E-state index >= 15 is 0 Å². The van der Waals surface area contributed by atoms with Gasteiger partial charge < -0.3 is 16.4 Å². The summed E-state index contributed by atoms with van der Waals surface area (Å²) >= 11 is 0. The van der Waals surface area contributed by atoms with Gasteiger partial charge in [0.15, 0.2) is 0 Å². The molecule has 0 amide bonds. The molecule has 0 bridgehead atoms. The van der Waals surface area contributed by atoms with Gasteiger partial charge in [-0.15, -0.1) is 0 Å². The van der Waals surface area contributed by atoms with Gasteiger partial charge in [-0.2, -0.15) is 0 Å². The van der Waals surface area contributed by atoms with Gasteiger partial charge >= 0.3 is 0 Å². The molecule has 1 aromatic carbocycles. The van der Waals surface area contributed by atoms with Crippen LogP contribution in [-0.4, -0.2) is 13.3 Å². The fourth-order valence-electron chi connectivity index (χ4n) is 0.924. The highest BCUT2D eigenvalue weighted by molar-refractivity contribution is 5.45. The first kappa shape index (κ1) is 8.04. The maximum Gasteiger partial charge on any atom is 0.0669 e. The smallest absolute Gasteiger partial charge is 0.0669 e. The van der Waals surface area contributed by atoms with Crippen LogP contribution >= 0.6 is 0 Å². The lowest BCUT2D eigenvalue weighted by molar-refractivity contribution is 0.823. The Labute approximate surface area is 66.6 Å². The van der Waals surface area contributed by atoms with E-state index in [0.717, 1.165) is 5.69 Å². The van der Waals surface area contributed by atoms with Crippen molar-refractivity contribution in [1.29, 1.82) is 0 Å². The highest BCUT2D eigenvalue weighted by atomic mass is 15.2. The summed E-state index contributed by atoms with van der Waals surface area (Å²) in [7, 11) is 0. The van der Waals surface area contributed by atoms with Gasteiger partial charge in [-0.05, 0) is 12.1 Å². The molecule has 0 aliphatic carbocycles. The van der Waals surface area contributed by atoms with E-state index in [-0.39, 0.29) is 0 Å². The second-order valence-corrected chi connectivity index (χ2v) is 2.24. The van der Waals surface area contributed by atoms with Gasteiger partial charge in [0.1, 0.15) is 0 Å². The second kappa shape index (κ2) is 3.95. The molecule has 3 heteroatoms. The number of hydrogen-bond acceptors (Lipinski definition) is 3. The molecule has 0 spiro atoms. The van der Waals surface area contributed by atoms with Gasteiger partial charge in [0.05, 0.1) is 13.3 Å². The maximum absolute atomic E-state index is 5.46. The monoisotopic (exact) mass is 151 g/mol. The third kappa shape index (κ3) is 1.93. The number of hydrogen-bond donors (Lipinski definition) is 2. The average molecular weight is 151 g/mol. The van der Waals surface area contributed by atoms with Crippen molar-refractivity contribution in [2.75, 3.05) is 18.2 Å². The molecule has 0 atom stereocenters. The zero-order valence-electron chi connectivity index (χ0n) is 6.40. The number of nitrogens with zero attached hydrogens (tertiary/aromatic N) is 1. The van der Waals surface area contributed by atoms with Crippen molar-refractivity contribution in [1.82, 2.24) is 0 Å². The quantitative estimate of drug-likeness (QED) is 0.612. The molecular weight excluding hydrogens is 138 g/mol. The third-order valence-corrected chi connectivity index (χ3v) is 1.56. The summed E-state index contributed by atoms with van der Waals surface area (Å²) in [6, 6.07) is 9.87. The molecule has 60 valence electrons. The van der Waals surface area contributed by atoms with E-state index in [9.17, 15) is 0 Å². The molecule has 1 aromatic rings. The third-order valence-electron chi connectivity index (χ3n) is 1.56. The lowest BCUT2D eigenvalue weighted by atomic mass is 10.3. The van der Waals surface area contributed by atoms with Gasteiger partial charge in [-0.3, -0.25) is 0 Å². The molecule has 0 aliphatic rings. The van der Waals surface area contributed by atoms with Crippen LogP contribution < -0.4 is 16.4 Å². The Kier molecular flexibility index (Phi) is 2.89. The van der Waals surface area contributed by atoms with Crippen molar-refractivity contribution < 1.29 is 0 Å². The first-order chi connectivity index (χ1) is 5.38. The summed E-state index contributed by atoms with van der Waals surface area (Å²) in [5.74, 6) is 0. The Morgan fingerprint density at radius 2 is 1.55 bits per heavy atom. The number of para-hydroxylation sites is 1. The predicted molar refractivity (Wildman–Crippen MR) is 47.0 cm³/mol. The summed E-state index contributed by atoms with van der Waals surface area (Å²) in [6.07, 6.45) is 0. The molecule has 0 radical (unpaired) electrons. The van der Waals surface area contributed by atoms with E-state index in [1.54, 1.807) is 0 Å². The minimum absolute atomic E-state index is 0.459. The zero-order valence-corrected chi connectivity index (χ0v) is 6.40. The highest BCUT2D eigenvalue weighted by Crippen LogP contribution is 2.09. The number of benzene rings is 1. The highest BCUT2D eigenvalue weighted by Gasteiger charge is 1.97. The molecule has 0 aliphatic heterocycles. The van der Waals surface area contributed by atoms with Crippen LogP contribution in [0, 0.1) is 0 Å². The Hall–Kier alpha value is -1.06. The molecule has 0 unspecified atom stereocenters.